The molecule has 1 fully saturated rings. The predicted molar refractivity (Wildman–Crippen MR) is 127 cm³/mol. The summed E-state index contributed by atoms with van der Waals surface area (Å²) < 4.78 is 7.64. The zero-order valence-corrected chi connectivity index (χ0v) is 19.8. The van der Waals surface area contributed by atoms with E-state index < -0.39 is 0 Å². The van der Waals surface area contributed by atoms with Crippen molar-refractivity contribution in [1.29, 1.82) is 0 Å². The van der Waals surface area contributed by atoms with Crippen LogP contribution in [0, 0.1) is 0 Å². The summed E-state index contributed by atoms with van der Waals surface area (Å²) in [7, 11) is 0. The van der Waals surface area contributed by atoms with E-state index in [9.17, 15) is 4.79 Å². The van der Waals surface area contributed by atoms with Crippen molar-refractivity contribution in [2.75, 3.05) is 37.7 Å². The van der Waals surface area contributed by atoms with Crippen molar-refractivity contribution in [2.24, 2.45) is 0 Å². The Kier molecular flexibility index (Phi) is 6.09. The Bertz CT molecular complexity index is 1110. The van der Waals surface area contributed by atoms with Gasteiger partial charge in [-0.3, -0.25) is 4.79 Å². The van der Waals surface area contributed by atoms with Crippen molar-refractivity contribution < 1.29 is 9.53 Å². The summed E-state index contributed by atoms with van der Waals surface area (Å²) in [5, 5.41) is 4.78. The van der Waals surface area contributed by atoms with E-state index in [0.29, 0.717) is 31.7 Å². The predicted octanol–water partition coefficient (Wildman–Crippen LogP) is 3.95. The number of rotatable bonds is 5. The van der Waals surface area contributed by atoms with Gasteiger partial charge in [-0.25, -0.2) is 9.50 Å². The lowest BCUT2D eigenvalue weighted by Crippen LogP contribution is -2.49. The summed E-state index contributed by atoms with van der Waals surface area (Å²) in [5.74, 6) is 0.924. The van der Waals surface area contributed by atoms with Crippen LogP contribution >= 0.6 is 0 Å². The number of carbonyl (C=O) groups excluding carboxylic acids is 1. The Balaban J connectivity index is 1.54. The molecule has 0 saturated carbocycles. The van der Waals surface area contributed by atoms with E-state index in [-0.39, 0.29) is 11.3 Å². The highest BCUT2D eigenvalue weighted by molar-refractivity contribution is 5.95. The standard InChI is InChI=1S/C25H33N5O2/c1-6-19-18(17-26-23-16-22(25(3,4)5)27-30(19)23)24(31)29-14-12-28(13-15-29)20-10-8-9-11-21(20)32-7-2/h8-11,16-17H,6-7,12-15H2,1-5H3. The first kappa shape index (κ1) is 22.1. The van der Waals surface area contributed by atoms with Gasteiger partial charge in [0.15, 0.2) is 5.65 Å². The first-order valence-electron chi connectivity index (χ1n) is 11.5. The molecule has 0 bridgehead atoms. The molecule has 1 aliphatic rings. The quantitative estimate of drug-likeness (QED) is 0.607. The Morgan fingerprint density at radius 2 is 1.81 bits per heavy atom. The average molecular weight is 436 g/mol. The summed E-state index contributed by atoms with van der Waals surface area (Å²) in [6.07, 6.45) is 2.44. The Morgan fingerprint density at radius 1 is 1.09 bits per heavy atom. The highest BCUT2D eigenvalue weighted by atomic mass is 16.5. The number of aromatic nitrogens is 3. The van der Waals surface area contributed by atoms with Gasteiger partial charge in [0.2, 0.25) is 0 Å². The van der Waals surface area contributed by atoms with Crippen molar-refractivity contribution in [1.82, 2.24) is 19.5 Å². The van der Waals surface area contributed by atoms with Crippen LogP contribution in [0.4, 0.5) is 5.69 Å². The van der Waals surface area contributed by atoms with Gasteiger partial charge in [-0.05, 0) is 25.5 Å². The van der Waals surface area contributed by atoms with E-state index in [1.807, 2.05) is 40.6 Å². The molecule has 32 heavy (non-hydrogen) atoms. The van der Waals surface area contributed by atoms with E-state index in [4.69, 9.17) is 9.84 Å². The van der Waals surface area contributed by atoms with Crippen LogP contribution in [0.5, 0.6) is 5.75 Å². The van der Waals surface area contributed by atoms with Crippen molar-refractivity contribution in [2.45, 2.75) is 46.5 Å². The van der Waals surface area contributed by atoms with Gasteiger partial charge in [0.1, 0.15) is 5.75 Å². The maximum absolute atomic E-state index is 13.4. The number of nitrogens with zero attached hydrogens (tertiary/aromatic N) is 5. The summed E-state index contributed by atoms with van der Waals surface area (Å²) in [5.41, 5.74) is 4.35. The largest absolute Gasteiger partial charge is 0.492 e. The van der Waals surface area contributed by atoms with E-state index in [1.54, 1.807) is 6.20 Å². The molecule has 3 aromatic rings. The second-order valence-corrected chi connectivity index (χ2v) is 9.20. The molecule has 0 atom stereocenters. The molecular formula is C25H33N5O2. The number of aryl methyl sites for hydroxylation is 1. The Morgan fingerprint density at radius 3 is 2.47 bits per heavy atom. The fraction of sp³-hybridized carbons (Fsp3) is 0.480. The second kappa shape index (κ2) is 8.81. The lowest BCUT2D eigenvalue weighted by Gasteiger charge is -2.36. The first-order chi connectivity index (χ1) is 15.3. The summed E-state index contributed by atoms with van der Waals surface area (Å²) >= 11 is 0. The second-order valence-electron chi connectivity index (χ2n) is 9.20. The van der Waals surface area contributed by atoms with Crippen molar-refractivity contribution in [3.8, 4) is 5.75 Å². The minimum absolute atomic E-state index is 0.0294. The fourth-order valence-electron chi connectivity index (χ4n) is 4.18. The minimum Gasteiger partial charge on any atom is -0.492 e. The number of anilines is 1. The van der Waals surface area contributed by atoms with Gasteiger partial charge in [0.05, 0.1) is 29.2 Å². The molecular weight excluding hydrogens is 402 g/mol. The SMILES string of the molecule is CCOc1ccccc1N1CCN(C(=O)c2cnc3cc(C(C)(C)C)nn3c2CC)CC1. The van der Waals surface area contributed by atoms with Gasteiger partial charge in [-0.15, -0.1) is 0 Å². The number of hydrogen-bond acceptors (Lipinski definition) is 5. The molecule has 0 N–H and O–H groups in total. The third-order valence-corrected chi connectivity index (χ3v) is 5.99. The smallest absolute Gasteiger partial charge is 0.257 e. The number of amides is 1. The molecule has 1 amide bonds. The molecule has 0 aliphatic carbocycles. The van der Waals surface area contributed by atoms with Gasteiger partial charge in [0, 0.05) is 43.9 Å². The third kappa shape index (κ3) is 4.16. The van der Waals surface area contributed by atoms with E-state index in [1.165, 1.54) is 0 Å². The highest BCUT2D eigenvalue weighted by Crippen LogP contribution is 2.29. The molecule has 0 unspecified atom stereocenters. The molecule has 1 saturated heterocycles. The first-order valence-corrected chi connectivity index (χ1v) is 11.5. The number of para-hydroxylation sites is 2. The van der Waals surface area contributed by atoms with E-state index in [2.05, 4.69) is 43.6 Å². The number of benzene rings is 1. The summed E-state index contributed by atoms with van der Waals surface area (Å²) in [6, 6.07) is 10.1. The van der Waals surface area contributed by atoms with Crippen molar-refractivity contribution in [3.63, 3.8) is 0 Å². The average Bonchev–Trinajstić information content (AvgIpc) is 3.24. The number of carbonyl (C=O) groups is 1. The number of ether oxygens (including phenoxy) is 1. The summed E-state index contributed by atoms with van der Waals surface area (Å²) in [4.78, 5) is 22.2. The van der Waals surface area contributed by atoms with E-state index in [0.717, 1.165) is 41.6 Å². The normalized spacial score (nSPS) is 14.8. The van der Waals surface area contributed by atoms with Gasteiger partial charge in [-0.1, -0.05) is 39.8 Å². The number of piperazine rings is 1. The molecule has 0 spiro atoms. The zero-order valence-electron chi connectivity index (χ0n) is 19.8. The van der Waals surface area contributed by atoms with Gasteiger partial charge in [-0.2, -0.15) is 5.10 Å². The third-order valence-electron chi connectivity index (χ3n) is 5.99. The van der Waals surface area contributed by atoms with Crippen LogP contribution in [-0.2, 0) is 11.8 Å². The summed E-state index contributed by atoms with van der Waals surface area (Å²) in [6.45, 7) is 13.9. The van der Waals surface area contributed by atoms with E-state index >= 15 is 0 Å². The maximum atomic E-state index is 13.4. The van der Waals surface area contributed by atoms with Crippen LogP contribution in [-0.4, -0.2) is 58.2 Å². The maximum Gasteiger partial charge on any atom is 0.257 e. The molecule has 170 valence electrons. The van der Waals surface area contributed by atoms with Crippen molar-refractivity contribution in [3.05, 3.63) is 53.5 Å². The monoisotopic (exact) mass is 435 g/mol. The Labute approximate surface area is 190 Å². The Hall–Kier alpha value is -3.09. The molecule has 7 heteroatoms. The molecule has 7 nitrogen and oxygen atoms in total. The molecule has 0 radical (unpaired) electrons. The number of hydrogen-bond donors (Lipinski definition) is 0. The van der Waals surface area contributed by atoms with Gasteiger partial charge >= 0.3 is 0 Å². The van der Waals surface area contributed by atoms with Crippen LogP contribution in [0.3, 0.4) is 0 Å². The molecule has 1 aromatic carbocycles. The highest BCUT2D eigenvalue weighted by Gasteiger charge is 2.27. The van der Waals surface area contributed by atoms with Crippen LogP contribution in [0.15, 0.2) is 36.5 Å². The molecule has 4 rings (SSSR count). The lowest BCUT2D eigenvalue weighted by molar-refractivity contribution is 0.0744. The van der Waals surface area contributed by atoms with Gasteiger partial charge < -0.3 is 14.5 Å². The molecule has 1 aliphatic heterocycles. The molecule has 2 aromatic heterocycles. The number of fused-ring (bicyclic) bond motifs is 1. The van der Waals surface area contributed by atoms with Crippen LogP contribution in [0.25, 0.3) is 5.65 Å². The van der Waals surface area contributed by atoms with Crippen LogP contribution in [0.1, 0.15) is 56.4 Å². The lowest BCUT2D eigenvalue weighted by atomic mass is 9.93. The van der Waals surface area contributed by atoms with Crippen molar-refractivity contribution >= 4 is 17.2 Å². The van der Waals surface area contributed by atoms with Gasteiger partial charge in [0.25, 0.3) is 5.91 Å². The van der Waals surface area contributed by atoms with Crippen LogP contribution in [0.2, 0.25) is 0 Å². The minimum atomic E-state index is -0.0724. The van der Waals surface area contributed by atoms with Crippen LogP contribution < -0.4 is 9.64 Å². The molecule has 3 heterocycles. The fourth-order valence-corrected chi connectivity index (χ4v) is 4.18. The topological polar surface area (TPSA) is 63.0 Å². The zero-order chi connectivity index (χ0) is 22.9.